The van der Waals surface area contributed by atoms with Crippen LogP contribution < -0.4 is 5.73 Å². The van der Waals surface area contributed by atoms with Gasteiger partial charge in [-0.15, -0.1) is 0 Å². The van der Waals surface area contributed by atoms with Crippen molar-refractivity contribution in [2.24, 2.45) is 5.73 Å². The van der Waals surface area contributed by atoms with E-state index in [9.17, 15) is 5.11 Å². The molecule has 15 heavy (non-hydrogen) atoms. The van der Waals surface area contributed by atoms with Crippen LogP contribution in [0.2, 0.25) is 5.02 Å². The lowest BCUT2D eigenvalue weighted by Crippen LogP contribution is -2.34. The van der Waals surface area contributed by atoms with E-state index in [0.717, 1.165) is 16.7 Å². The number of hydrogen-bond donors (Lipinski definition) is 2. The van der Waals surface area contributed by atoms with Crippen molar-refractivity contribution in [1.82, 2.24) is 0 Å². The summed E-state index contributed by atoms with van der Waals surface area (Å²) in [5.41, 5.74) is 8.40. The largest absolute Gasteiger partial charge is 0.506 e. The molecule has 1 aromatic carbocycles. The topological polar surface area (TPSA) is 46.2 Å². The van der Waals surface area contributed by atoms with Gasteiger partial charge in [0.25, 0.3) is 0 Å². The Morgan fingerprint density at radius 2 is 1.93 bits per heavy atom. The van der Waals surface area contributed by atoms with E-state index in [2.05, 4.69) is 0 Å². The fourth-order valence-electron chi connectivity index (χ4n) is 1.56. The molecule has 0 atom stereocenters. The molecule has 3 N–H and O–H groups in total. The molecule has 0 fully saturated rings. The number of halogens is 1. The number of benzene rings is 1. The maximum Gasteiger partial charge on any atom is 0.137 e. The van der Waals surface area contributed by atoms with E-state index in [1.54, 1.807) is 0 Å². The first-order chi connectivity index (χ1) is 6.72. The fourth-order valence-corrected chi connectivity index (χ4v) is 1.83. The molecule has 0 aliphatic rings. The molecule has 0 saturated heterocycles. The van der Waals surface area contributed by atoms with Crippen molar-refractivity contribution in [3.8, 4) is 5.75 Å². The van der Waals surface area contributed by atoms with Crippen LogP contribution in [0.3, 0.4) is 0 Å². The van der Waals surface area contributed by atoms with E-state index in [4.69, 9.17) is 17.3 Å². The van der Waals surface area contributed by atoms with Gasteiger partial charge in [-0.1, -0.05) is 17.7 Å². The van der Waals surface area contributed by atoms with Gasteiger partial charge in [0.1, 0.15) is 5.75 Å². The first-order valence-electron chi connectivity index (χ1n) is 4.99. The summed E-state index contributed by atoms with van der Waals surface area (Å²) in [6.45, 7) is 7.73. The Labute approximate surface area is 96.1 Å². The Morgan fingerprint density at radius 1 is 1.40 bits per heavy atom. The van der Waals surface area contributed by atoms with Gasteiger partial charge in [0.05, 0.1) is 5.02 Å². The maximum atomic E-state index is 9.88. The zero-order chi connectivity index (χ0) is 11.8. The predicted octanol–water partition coefficient (Wildman–Crippen LogP) is 2.94. The summed E-state index contributed by atoms with van der Waals surface area (Å²) >= 11 is 6.03. The number of rotatable bonds is 2. The average Bonchev–Trinajstić information content (AvgIpc) is 2.08. The van der Waals surface area contributed by atoms with Crippen LogP contribution >= 0.6 is 11.6 Å². The Hall–Kier alpha value is -0.730. The molecule has 1 rings (SSSR count). The lowest BCUT2D eigenvalue weighted by Gasteiger charge is -2.20. The zero-order valence-corrected chi connectivity index (χ0v) is 10.4. The van der Waals surface area contributed by atoms with Crippen LogP contribution in [-0.4, -0.2) is 10.6 Å². The van der Waals surface area contributed by atoms with Crippen LogP contribution in [0.5, 0.6) is 5.75 Å². The summed E-state index contributed by atoms with van der Waals surface area (Å²) in [6.07, 6.45) is 0.611. The summed E-state index contributed by atoms with van der Waals surface area (Å²) < 4.78 is 0. The van der Waals surface area contributed by atoms with Gasteiger partial charge in [-0.05, 0) is 50.8 Å². The second-order valence-electron chi connectivity index (χ2n) is 4.81. The minimum Gasteiger partial charge on any atom is -0.506 e. The van der Waals surface area contributed by atoms with E-state index in [1.807, 2.05) is 33.8 Å². The molecule has 0 aromatic heterocycles. The SMILES string of the molecule is Cc1cc(CC(C)(C)N)c(O)c(Cl)c1C. The molecule has 0 aliphatic heterocycles. The number of nitrogens with two attached hydrogens (primary N) is 1. The van der Waals surface area contributed by atoms with Gasteiger partial charge in [-0.2, -0.15) is 0 Å². The molecule has 2 nitrogen and oxygen atoms in total. The third-order valence-corrected chi connectivity index (χ3v) is 2.93. The van der Waals surface area contributed by atoms with Crippen molar-refractivity contribution in [3.05, 3.63) is 27.8 Å². The minimum absolute atomic E-state index is 0.165. The molecule has 0 aliphatic carbocycles. The van der Waals surface area contributed by atoms with Gasteiger partial charge in [-0.3, -0.25) is 0 Å². The van der Waals surface area contributed by atoms with E-state index in [0.29, 0.717) is 11.4 Å². The number of phenolic OH excluding ortho intramolecular Hbond substituents is 1. The Bertz CT molecular complexity index is 380. The molecule has 0 heterocycles. The molecule has 0 radical (unpaired) electrons. The lowest BCUT2D eigenvalue weighted by molar-refractivity contribution is 0.449. The van der Waals surface area contributed by atoms with Crippen LogP contribution in [0.4, 0.5) is 0 Å². The molecule has 0 bridgehead atoms. The number of aromatic hydroxyl groups is 1. The summed E-state index contributed by atoms with van der Waals surface area (Å²) in [5, 5.41) is 10.3. The van der Waals surface area contributed by atoms with E-state index < -0.39 is 0 Å². The van der Waals surface area contributed by atoms with Crippen molar-refractivity contribution in [3.63, 3.8) is 0 Å². The highest BCUT2D eigenvalue weighted by Crippen LogP contribution is 2.34. The highest BCUT2D eigenvalue weighted by atomic mass is 35.5. The smallest absolute Gasteiger partial charge is 0.137 e. The van der Waals surface area contributed by atoms with Gasteiger partial charge in [0.2, 0.25) is 0 Å². The number of hydrogen-bond acceptors (Lipinski definition) is 2. The highest BCUT2D eigenvalue weighted by molar-refractivity contribution is 6.33. The first-order valence-corrected chi connectivity index (χ1v) is 5.36. The molecule has 3 heteroatoms. The van der Waals surface area contributed by atoms with Crippen LogP contribution in [0.25, 0.3) is 0 Å². The molecule has 0 amide bonds. The summed E-state index contributed by atoms with van der Waals surface area (Å²) in [7, 11) is 0. The van der Waals surface area contributed by atoms with Crippen LogP contribution in [-0.2, 0) is 6.42 Å². The molecule has 0 spiro atoms. The van der Waals surface area contributed by atoms with E-state index in [1.165, 1.54) is 0 Å². The molecular weight excluding hydrogens is 210 g/mol. The van der Waals surface area contributed by atoms with Gasteiger partial charge in [0, 0.05) is 5.54 Å². The second-order valence-corrected chi connectivity index (χ2v) is 5.18. The van der Waals surface area contributed by atoms with Crippen molar-refractivity contribution in [2.75, 3.05) is 0 Å². The minimum atomic E-state index is -0.345. The normalized spacial score (nSPS) is 11.9. The number of aryl methyl sites for hydroxylation is 1. The average molecular weight is 228 g/mol. The van der Waals surface area contributed by atoms with Crippen molar-refractivity contribution in [2.45, 2.75) is 39.7 Å². The Balaban J connectivity index is 3.21. The van der Waals surface area contributed by atoms with Crippen LogP contribution in [0.15, 0.2) is 6.07 Å². The standard InChI is InChI=1S/C12H18ClNO/c1-7-5-9(6-12(3,4)14)11(15)10(13)8(7)2/h5,15H,6,14H2,1-4H3. The van der Waals surface area contributed by atoms with Gasteiger partial charge >= 0.3 is 0 Å². The highest BCUT2D eigenvalue weighted by Gasteiger charge is 2.17. The predicted molar refractivity (Wildman–Crippen MR) is 64.6 cm³/mol. The summed E-state index contributed by atoms with van der Waals surface area (Å²) in [6, 6.07) is 1.95. The van der Waals surface area contributed by atoms with Gasteiger partial charge in [0.15, 0.2) is 0 Å². The lowest BCUT2D eigenvalue weighted by atomic mass is 9.93. The fraction of sp³-hybridized carbons (Fsp3) is 0.500. The molecule has 84 valence electrons. The summed E-state index contributed by atoms with van der Waals surface area (Å²) in [4.78, 5) is 0. The Kier molecular flexibility index (Phi) is 3.31. The van der Waals surface area contributed by atoms with Crippen molar-refractivity contribution in [1.29, 1.82) is 0 Å². The number of phenols is 1. The van der Waals surface area contributed by atoms with Gasteiger partial charge in [-0.25, -0.2) is 0 Å². The molecule has 0 unspecified atom stereocenters. The molecule has 0 saturated carbocycles. The maximum absolute atomic E-state index is 9.88. The van der Waals surface area contributed by atoms with Crippen molar-refractivity contribution >= 4 is 11.6 Å². The molecule has 1 aromatic rings. The van der Waals surface area contributed by atoms with Gasteiger partial charge < -0.3 is 10.8 Å². The summed E-state index contributed by atoms with van der Waals surface area (Å²) in [5.74, 6) is 0.165. The third-order valence-electron chi connectivity index (χ3n) is 2.47. The first kappa shape index (κ1) is 12.3. The van der Waals surface area contributed by atoms with Crippen LogP contribution in [0.1, 0.15) is 30.5 Å². The third kappa shape index (κ3) is 2.86. The van der Waals surface area contributed by atoms with Crippen molar-refractivity contribution < 1.29 is 5.11 Å². The van der Waals surface area contributed by atoms with E-state index >= 15 is 0 Å². The Morgan fingerprint density at radius 3 is 2.40 bits per heavy atom. The zero-order valence-electron chi connectivity index (χ0n) is 9.69. The van der Waals surface area contributed by atoms with Crippen LogP contribution in [0, 0.1) is 13.8 Å². The monoisotopic (exact) mass is 227 g/mol. The van der Waals surface area contributed by atoms with E-state index in [-0.39, 0.29) is 11.3 Å². The molecular formula is C12H18ClNO. The quantitative estimate of drug-likeness (QED) is 0.816. The second kappa shape index (κ2) is 4.03.